The van der Waals surface area contributed by atoms with E-state index in [9.17, 15) is 5.11 Å². The molecule has 0 saturated carbocycles. The maximum absolute atomic E-state index is 9.54. The molecule has 0 bridgehead atoms. The average Bonchev–Trinajstić information content (AvgIpc) is 2.29. The molecule has 1 atom stereocenters. The van der Waals surface area contributed by atoms with Crippen molar-refractivity contribution in [3.8, 4) is 5.75 Å². The molecule has 0 heterocycles. The van der Waals surface area contributed by atoms with Crippen LogP contribution in [0, 0.1) is 0 Å². The maximum atomic E-state index is 9.54. The van der Waals surface area contributed by atoms with E-state index in [2.05, 4.69) is 5.32 Å². The van der Waals surface area contributed by atoms with Crippen molar-refractivity contribution in [1.29, 1.82) is 0 Å². The normalized spacial score (nSPS) is 12.4. The highest BCUT2D eigenvalue weighted by Gasteiger charge is 2.04. The molecule has 0 aliphatic carbocycles. The van der Waals surface area contributed by atoms with Gasteiger partial charge >= 0.3 is 0 Å². The van der Waals surface area contributed by atoms with Crippen molar-refractivity contribution in [3.63, 3.8) is 0 Å². The molecule has 0 amide bonds. The van der Waals surface area contributed by atoms with Gasteiger partial charge in [0.25, 0.3) is 0 Å². The Bertz CT molecular complexity index is 293. The highest BCUT2D eigenvalue weighted by molar-refractivity contribution is 6.30. The molecule has 4 N–H and O–H groups in total. The Hall–Kier alpha value is -0.810. The Morgan fingerprint density at radius 3 is 2.69 bits per heavy atom. The van der Waals surface area contributed by atoms with Crippen LogP contribution >= 0.6 is 11.6 Å². The van der Waals surface area contributed by atoms with Crippen molar-refractivity contribution in [2.45, 2.75) is 6.10 Å². The lowest BCUT2D eigenvalue weighted by Gasteiger charge is -2.12. The number of rotatable bonds is 7. The molecule has 0 aliphatic rings. The highest BCUT2D eigenvalue weighted by Crippen LogP contribution is 2.15. The van der Waals surface area contributed by atoms with E-state index in [1.807, 2.05) is 0 Å². The van der Waals surface area contributed by atoms with Gasteiger partial charge in [-0.2, -0.15) is 0 Å². The number of benzene rings is 1. The van der Waals surface area contributed by atoms with Gasteiger partial charge in [0.15, 0.2) is 0 Å². The number of nitrogens with two attached hydrogens (primary N) is 1. The topological polar surface area (TPSA) is 67.5 Å². The second-order valence-corrected chi connectivity index (χ2v) is 3.85. The van der Waals surface area contributed by atoms with E-state index in [0.29, 0.717) is 30.4 Å². The summed E-state index contributed by atoms with van der Waals surface area (Å²) in [6.07, 6.45) is -0.540. The van der Waals surface area contributed by atoms with E-state index in [0.717, 1.165) is 0 Å². The molecule has 5 heteroatoms. The van der Waals surface area contributed by atoms with Crippen molar-refractivity contribution in [1.82, 2.24) is 5.32 Å². The molecule has 4 nitrogen and oxygen atoms in total. The summed E-state index contributed by atoms with van der Waals surface area (Å²) in [7, 11) is 0. The van der Waals surface area contributed by atoms with Crippen molar-refractivity contribution in [2.75, 3.05) is 26.2 Å². The molecule has 0 aromatic heterocycles. The van der Waals surface area contributed by atoms with Crippen LogP contribution in [-0.4, -0.2) is 37.5 Å². The Morgan fingerprint density at radius 1 is 1.38 bits per heavy atom. The lowest BCUT2D eigenvalue weighted by atomic mass is 10.3. The zero-order valence-electron chi connectivity index (χ0n) is 9.03. The third-order valence-corrected chi connectivity index (χ3v) is 2.21. The standard InChI is InChI=1S/C11H17ClN2O2/c12-9-1-3-11(4-2-9)16-8-10(15)7-14-6-5-13/h1-4,10,14-15H,5-8,13H2. The molecule has 1 aromatic rings. The first kappa shape index (κ1) is 13.3. The molecule has 0 saturated heterocycles. The lowest BCUT2D eigenvalue weighted by Crippen LogP contribution is -2.34. The summed E-state index contributed by atoms with van der Waals surface area (Å²) in [5.41, 5.74) is 5.31. The van der Waals surface area contributed by atoms with Crippen LogP contribution in [0.4, 0.5) is 0 Å². The van der Waals surface area contributed by atoms with Crippen LogP contribution in [0.5, 0.6) is 5.75 Å². The monoisotopic (exact) mass is 244 g/mol. The third kappa shape index (κ3) is 5.32. The molecule has 0 fully saturated rings. The van der Waals surface area contributed by atoms with Crippen LogP contribution in [-0.2, 0) is 0 Å². The second-order valence-electron chi connectivity index (χ2n) is 3.41. The van der Waals surface area contributed by atoms with Crippen molar-refractivity contribution in [3.05, 3.63) is 29.3 Å². The van der Waals surface area contributed by atoms with Crippen LogP contribution in [0.1, 0.15) is 0 Å². The minimum absolute atomic E-state index is 0.249. The van der Waals surface area contributed by atoms with Crippen molar-refractivity contribution >= 4 is 11.6 Å². The minimum Gasteiger partial charge on any atom is -0.491 e. The SMILES string of the molecule is NCCNCC(O)COc1ccc(Cl)cc1. The summed E-state index contributed by atoms with van der Waals surface area (Å²) < 4.78 is 5.37. The molecule has 1 aromatic carbocycles. The largest absolute Gasteiger partial charge is 0.491 e. The first-order valence-electron chi connectivity index (χ1n) is 5.19. The van der Waals surface area contributed by atoms with E-state index in [-0.39, 0.29) is 6.61 Å². The molecule has 0 radical (unpaired) electrons. The quantitative estimate of drug-likeness (QED) is 0.616. The summed E-state index contributed by atoms with van der Waals surface area (Å²) in [5.74, 6) is 0.697. The van der Waals surface area contributed by atoms with E-state index in [1.54, 1.807) is 24.3 Å². The number of aliphatic hydroxyl groups excluding tert-OH is 1. The predicted octanol–water partition coefficient (Wildman–Crippen LogP) is 0.628. The Labute approximate surface area is 100 Å². The maximum Gasteiger partial charge on any atom is 0.119 e. The number of halogens is 1. The van der Waals surface area contributed by atoms with E-state index < -0.39 is 6.10 Å². The van der Waals surface area contributed by atoms with Gasteiger partial charge in [-0.05, 0) is 24.3 Å². The third-order valence-electron chi connectivity index (χ3n) is 1.96. The first-order chi connectivity index (χ1) is 7.72. The first-order valence-corrected chi connectivity index (χ1v) is 5.57. The highest BCUT2D eigenvalue weighted by atomic mass is 35.5. The van der Waals surface area contributed by atoms with E-state index in [1.165, 1.54) is 0 Å². The van der Waals surface area contributed by atoms with Gasteiger partial charge in [-0.1, -0.05) is 11.6 Å². The fraction of sp³-hybridized carbons (Fsp3) is 0.455. The van der Waals surface area contributed by atoms with Gasteiger partial charge in [0.1, 0.15) is 18.5 Å². The number of hydrogen-bond acceptors (Lipinski definition) is 4. The van der Waals surface area contributed by atoms with Gasteiger partial charge in [-0.15, -0.1) is 0 Å². The molecule has 0 spiro atoms. The molecule has 0 aliphatic heterocycles. The van der Waals surface area contributed by atoms with Gasteiger partial charge in [-0.3, -0.25) is 0 Å². The van der Waals surface area contributed by atoms with E-state index >= 15 is 0 Å². The van der Waals surface area contributed by atoms with Gasteiger partial charge < -0.3 is 20.9 Å². The van der Waals surface area contributed by atoms with E-state index in [4.69, 9.17) is 22.1 Å². The van der Waals surface area contributed by atoms with Crippen LogP contribution in [0.15, 0.2) is 24.3 Å². The molecule has 16 heavy (non-hydrogen) atoms. The van der Waals surface area contributed by atoms with Crippen LogP contribution in [0.2, 0.25) is 5.02 Å². The second kappa shape index (κ2) is 7.46. The van der Waals surface area contributed by atoms with Crippen LogP contribution < -0.4 is 15.8 Å². The van der Waals surface area contributed by atoms with Gasteiger partial charge in [-0.25, -0.2) is 0 Å². The average molecular weight is 245 g/mol. The Kier molecular flexibility index (Phi) is 6.18. The Morgan fingerprint density at radius 2 is 2.06 bits per heavy atom. The molecule has 90 valence electrons. The molecule has 1 rings (SSSR count). The molecule has 1 unspecified atom stereocenters. The zero-order valence-corrected chi connectivity index (χ0v) is 9.78. The fourth-order valence-corrected chi connectivity index (χ4v) is 1.28. The minimum atomic E-state index is -0.540. The number of ether oxygens (including phenoxy) is 1. The van der Waals surface area contributed by atoms with Crippen LogP contribution in [0.25, 0.3) is 0 Å². The molecular weight excluding hydrogens is 228 g/mol. The molecular formula is C11H17ClN2O2. The van der Waals surface area contributed by atoms with Crippen molar-refractivity contribution in [2.24, 2.45) is 5.73 Å². The van der Waals surface area contributed by atoms with Crippen LogP contribution in [0.3, 0.4) is 0 Å². The summed E-state index contributed by atoms with van der Waals surface area (Å²) >= 11 is 5.73. The summed E-state index contributed by atoms with van der Waals surface area (Å²) in [6, 6.07) is 7.02. The van der Waals surface area contributed by atoms with Gasteiger partial charge in [0, 0.05) is 24.7 Å². The predicted molar refractivity (Wildman–Crippen MR) is 64.9 cm³/mol. The summed E-state index contributed by atoms with van der Waals surface area (Å²) in [5, 5.41) is 13.2. The number of hydrogen-bond donors (Lipinski definition) is 3. The smallest absolute Gasteiger partial charge is 0.119 e. The zero-order chi connectivity index (χ0) is 11.8. The number of aliphatic hydroxyl groups is 1. The van der Waals surface area contributed by atoms with Gasteiger partial charge in [0.2, 0.25) is 0 Å². The van der Waals surface area contributed by atoms with Gasteiger partial charge in [0.05, 0.1) is 0 Å². The van der Waals surface area contributed by atoms with Crippen molar-refractivity contribution < 1.29 is 9.84 Å². The fourth-order valence-electron chi connectivity index (χ4n) is 1.15. The Balaban J connectivity index is 2.20. The number of nitrogens with one attached hydrogen (secondary N) is 1. The summed E-state index contributed by atoms with van der Waals surface area (Å²) in [4.78, 5) is 0. The lowest BCUT2D eigenvalue weighted by molar-refractivity contribution is 0.107. The summed E-state index contributed by atoms with van der Waals surface area (Å²) in [6.45, 7) is 1.98.